The van der Waals surface area contributed by atoms with Crippen LogP contribution in [0, 0.1) is 0 Å². The predicted octanol–water partition coefficient (Wildman–Crippen LogP) is 6.25. The Kier molecular flexibility index (Phi) is 4.95. The van der Waals surface area contributed by atoms with Gasteiger partial charge in [-0.15, -0.1) is 0 Å². The molecule has 0 radical (unpaired) electrons. The SMILES string of the molecule is Oc1nc(-c2ccc(-c3ccccc3)cc2)nc(-c2ccc(-c3ccccc3)cc2)n1. The van der Waals surface area contributed by atoms with Crippen molar-refractivity contribution in [3.05, 3.63) is 109 Å². The first-order valence-corrected chi connectivity index (χ1v) is 10.0. The minimum absolute atomic E-state index is 0.292. The van der Waals surface area contributed by atoms with Crippen LogP contribution in [-0.2, 0) is 0 Å². The zero-order chi connectivity index (χ0) is 21.0. The maximum Gasteiger partial charge on any atom is 0.318 e. The number of rotatable bonds is 4. The standard InChI is InChI=1S/C27H19N3O/c31-27-29-25(23-15-11-21(12-16-23)19-7-3-1-4-8-19)28-26(30-27)24-17-13-22(14-18-24)20-9-5-2-6-10-20/h1-18H,(H,28,29,30,31). The predicted molar refractivity (Wildman–Crippen MR) is 123 cm³/mol. The fraction of sp³-hybridized carbons (Fsp3) is 0. The first kappa shape index (κ1) is 18.7. The number of nitrogens with zero attached hydrogens (tertiary/aromatic N) is 3. The number of hydrogen-bond donors (Lipinski definition) is 1. The van der Waals surface area contributed by atoms with Gasteiger partial charge < -0.3 is 5.11 Å². The van der Waals surface area contributed by atoms with Gasteiger partial charge in [-0.1, -0.05) is 109 Å². The Morgan fingerprint density at radius 1 is 0.355 bits per heavy atom. The van der Waals surface area contributed by atoms with E-state index in [1.54, 1.807) is 0 Å². The second-order valence-corrected chi connectivity index (χ2v) is 7.17. The van der Waals surface area contributed by atoms with E-state index in [4.69, 9.17) is 0 Å². The van der Waals surface area contributed by atoms with E-state index >= 15 is 0 Å². The average molecular weight is 401 g/mol. The number of aromatic hydroxyl groups is 1. The Bertz CT molecular complexity index is 1200. The lowest BCUT2D eigenvalue weighted by atomic mass is 10.0. The largest absolute Gasteiger partial charge is 0.479 e. The lowest BCUT2D eigenvalue weighted by Crippen LogP contribution is -1.96. The zero-order valence-corrected chi connectivity index (χ0v) is 16.7. The highest BCUT2D eigenvalue weighted by molar-refractivity contribution is 5.70. The van der Waals surface area contributed by atoms with Gasteiger partial charge in [-0.2, -0.15) is 9.97 Å². The van der Waals surface area contributed by atoms with Crippen molar-refractivity contribution in [3.63, 3.8) is 0 Å². The molecule has 1 N–H and O–H groups in total. The Hall–Kier alpha value is -4.31. The summed E-state index contributed by atoms with van der Waals surface area (Å²) < 4.78 is 0. The van der Waals surface area contributed by atoms with E-state index in [1.807, 2.05) is 84.9 Å². The molecular formula is C27H19N3O. The maximum absolute atomic E-state index is 10.1. The Morgan fingerprint density at radius 3 is 1.06 bits per heavy atom. The second-order valence-electron chi connectivity index (χ2n) is 7.17. The Morgan fingerprint density at radius 2 is 0.677 bits per heavy atom. The van der Waals surface area contributed by atoms with Crippen LogP contribution in [0.25, 0.3) is 45.0 Å². The molecule has 4 nitrogen and oxygen atoms in total. The zero-order valence-electron chi connectivity index (χ0n) is 16.7. The van der Waals surface area contributed by atoms with Crippen LogP contribution in [-0.4, -0.2) is 20.1 Å². The molecule has 31 heavy (non-hydrogen) atoms. The number of hydrogen-bond acceptors (Lipinski definition) is 4. The lowest BCUT2D eigenvalue weighted by Gasteiger charge is -2.07. The molecule has 0 aliphatic heterocycles. The molecule has 0 atom stereocenters. The van der Waals surface area contributed by atoms with Gasteiger partial charge in [-0.05, 0) is 22.3 Å². The molecule has 0 spiro atoms. The van der Waals surface area contributed by atoms with Gasteiger partial charge >= 0.3 is 6.01 Å². The van der Waals surface area contributed by atoms with Crippen molar-refractivity contribution in [2.24, 2.45) is 0 Å². The van der Waals surface area contributed by atoms with Crippen molar-refractivity contribution in [3.8, 4) is 51.0 Å². The van der Waals surface area contributed by atoms with E-state index in [9.17, 15) is 5.11 Å². The molecule has 4 aromatic carbocycles. The van der Waals surface area contributed by atoms with Crippen molar-refractivity contribution in [2.45, 2.75) is 0 Å². The van der Waals surface area contributed by atoms with Gasteiger partial charge in [-0.25, -0.2) is 4.98 Å². The van der Waals surface area contributed by atoms with E-state index < -0.39 is 0 Å². The molecule has 0 saturated heterocycles. The van der Waals surface area contributed by atoms with Crippen LogP contribution in [0.1, 0.15) is 0 Å². The summed E-state index contributed by atoms with van der Waals surface area (Å²) in [6, 6.07) is 36.0. The lowest BCUT2D eigenvalue weighted by molar-refractivity contribution is 0.430. The van der Waals surface area contributed by atoms with Gasteiger partial charge in [0.05, 0.1) is 0 Å². The van der Waals surface area contributed by atoms with Gasteiger partial charge in [0.1, 0.15) is 0 Å². The van der Waals surface area contributed by atoms with Crippen LogP contribution in [0.15, 0.2) is 109 Å². The molecule has 0 aliphatic carbocycles. The third-order valence-corrected chi connectivity index (χ3v) is 5.12. The molecule has 5 aromatic rings. The molecule has 0 saturated carbocycles. The molecule has 5 rings (SSSR count). The molecule has 0 unspecified atom stereocenters. The molecule has 4 heteroatoms. The van der Waals surface area contributed by atoms with Gasteiger partial charge in [0.25, 0.3) is 0 Å². The Balaban J connectivity index is 1.45. The Labute approximate surface area is 180 Å². The topological polar surface area (TPSA) is 58.9 Å². The maximum atomic E-state index is 10.1. The summed E-state index contributed by atoms with van der Waals surface area (Å²) in [7, 11) is 0. The number of aromatic nitrogens is 3. The molecule has 0 amide bonds. The van der Waals surface area contributed by atoms with Crippen LogP contribution >= 0.6 is 0 Å². The third-order valence-electron chi connectivity index (χ3n) is 5.12. The van der Waals surface area contributed by atoms with E-state index in [1.165, 1.54) is 0 Å². The van der Waals surface area contributed by atoms with Crippen molar-refractivity contribution >= 4 is 0 Å². The quantitative estimate of drug-likeness (QED) is 0.387. The van der Waals surface area contributed by atoms with Crippen molar-refractivity contribution in [2.75, 3.05) is 0 Å². The summed E-state index contributed by atoms with van der Waals surface area (Å²) in [5.41, 5.74) is 6.15. The highest BCUT2D eigenvalue weighted by Crippen LogP contribution is 2.27. The monoisotopic (exact) mass is 401 g/mol. The average Bonchev–Trinajstić information content (AvgIpc) is 2.85. The summed E-state index contributed by atoms with van der Waals surface area (Å²) in [6.45, 7) is 0. The van der Waals surface area contributed by atoms with Crippen LogP contribution in [0.2, 0.25) is 0 Å². The van der Waals surface area contributed by atoms with Crippen molar-refractivity contribution in [1.82, 2.24) is 15.0 Å². The summed E-state index contributed by atoms with van der Waals surface area (Å²) in [5.74, 6) is 0.878. The summed E-state index contributed by atoms with van der Waals surface area (Å²) in [6.07, 6.45) is 0. The normalized spacial score (nSPS) is 10.7. The number of benzene rings is 4. The summed E-state index contributed by atoms with van der Waals surface area (Å²) in [5, 5.41) is 10.1. The van der Waals surface area contributed by atoms with Crippen LogP contribution in [0.5, 0.6) is 6.01 Å². The van der Waals surface area contributed by atoms with Crippen LogP contribution in [0.3, 0.4) is 0 Å². The molecule has 0 fully saturated rings. The summed E-state index contributed by atoms with van der Waals surface area (Å²) >= 11 is 0. The first-order chi connectivity index (χ1) is 15.3. The van der Waals surface area contributed by atoms with Crippen molar-refractivity contribution < 1.29 is 5.11 Å². The van der Waals surface area contributed by atoms with Crippen molar-refractivity contribution in [1.29, 1.82) is 0 Å². The van der Waals surface area contributed by atoms with Gasteiger partial charge in [0.2, 0.25) is 0 Å². The summed E-state index contributed by atoms with van der Waals surface area (Å²) in [4.78, 5) is 12.9. The van der Waals surface area contributed by atoms with E-state index in [0.29, 0.717) is 11.6 Å². The minimum Gasteiger partial charge on any atom is -0.479 e. The fourth-order valence-electron chi connectivity index (χ4n) is 3.51. The molecule has 0 aliphatic rings. The first-order valence-electron chi connectivity index (χ1n) is 10.0. The minimum atomic E-state index is -0.292. The smallest absolute Gasteiger partial charge is 0.318 e. The second kappa shape index (κ2) is 8.20. The van der Waals surface area contributed by atoms with Gasteiger partial charge in [0, 0.05) is 11.1 Å². The van der Waals surface area contributed by atoms with E-state index in [-0.39, 0.29) is 6.01 Å². The highest BCUT2D eigenvalue weighted by Gasteiger charge is 2.10. The molecule has 1 aromatic heterocycles. The molecular weight excluding hydrogens is 382 g/mol. The molecule has 1 heterocycles. The van der Waals surface area contributed by atoms with Gasteiger partial charge in [0.15, 0.2) is 11.6 Å². The third kappa shape index (κ3) is 4.05. The van der Waals surface area contributed by atoms with Crippen LogP contribution < -0.4 is 0 Å². The van der Waals surface area contributed by atoms with E-state index in [2.05, 4.69) is 39.2 Å². The van der Waals surface area contributed by atoms with Gasteiger partial charge in [-0.3, -0.25) is 0 Å². The molecule has 0 bridgehead atoms. The molecule has 148 valence electrons. The van der Waals surface area contributed by atoms with E-state index in [0.717, 1.165) is 33.4 Å². The fourth-order valence-corrected chi connectivity index (χ4v) is 3.51. The highest BCUT2D eigenvalue weighted by atomic mass is 16.3. The van der Waals surface area contributed by atoms with Crippen LogP contribution in [0.4, 0.5) is 0 Å².